The number of fused-ring (bicyclic) bond motifs is 1. The highest BCUT2D eigenvalue weighted by molar-refractivity contribution is 6.33. The average molecular weight is 368 g/mol. The number of aromatic nitrogens is 4. The maximum Gasteiger partial charge on any atom is 0.255 e. The van der Waals surface area contributed by atoms with Crippen molar-refractivity contribution in [2.45, 2.75) is 31.7 Å². The minimum Gasteiger partial charge on any atom is -0.367 e. The standard InChI is InChI=1S/C16H13ClF3N5/c17-14-13(12-10(19)5-8(18)6-11(12)20)15(23-9-3-1-2-4-9)25-16(24-14)21-7-22-25/h5-7,9,23H,1-4H2. The van der Waals surface area contributed by atoms with Crippen molar-refractivity contribution >= 4 is 23.2 Å². The minimum atomic E-state index is -1.06. The summed E-state index contributed by atoms with van der Waals surface area (Å²) in [7, 11) is 0. The molecule has 1 fully saturated rings. The fourth-order valence-electron chi connectivity index (χ4n) is 3.22. The number of anilines is 1. The van der Waals surface area contributed by atoms with E-state index in [9.17, 15) is 13.2 Å². The molecule has 0 saturated heterocycles. The number of nitrogens with zero attached hydrogens (tertiary/aromatic N) is 4. The third-order valence-electron chi connectivity index (χ3n) is 4.34. The predicted molar refractivity (Wildman–Crippen MR) is 87.0 cm³/mol. The number of hydrogen-bond donors (Lipinski definition) is 1. The second-order valence-electron chi connectivity index (χ2n) is 5.97. The van der Waals surface area contributed by atoms with Crippen molar-refractivity contribution in [3.8, 4) is 11.1 Å². The molecule has 130 valence electrons. The summed E-state index contributed by atoms with van der Waals surface area (Å²) in [4.78, 5) is 8.02. The van der Waals surface area contributed by atoms with E-state index in [0.29, 0.717) is 18.0 Å². The van der Waals surface area contributed by atoms with Crippen LogP contribution in [0, 0.1) is 17.5 Å². The molecule has 0 amide bonds. The Balaban J connectivity index is 1.97. The zero-order valence-corrected chi connectivity index (χ0v) is 13.7. The van der Waals surface area contributed by atoms with Gasteiger partial charge in [0, 0.05) is 18.2 Å². The van der Waals surface area contributed by atoms with Crippen LogP contribution in [0.3, 0.4) is 0 Å². The lowest BCUT2D eigenvalue weighted by Gasteiger charge is -2.19. The van der Waals surface area contributed by atoms with Gasteiger partial charge in [0.25, 0.3) is 5.78 Å². The van der Waals surface area contributed by atoms with E-state index < -0.39 is 23.0 Å². The first-order valence-electron chi connectivity index (χ1n) is 7.85. The Hall–Kier alpha value is -2.35. The zero-order valence-electron chi connectivity index (χ0n) is 12.9. The molecular weight excluding hydrogens is 355 g/mol. The molecule has 1 N–H and O–H groups in total. The molecule has 0 atom stereocenters. The van der Waals surface area contributed by atoms with Crippen LogP contribution < -0.4 is 5.32 Å². The van der Waals surface area contributed by atoms with Crippen molar-refractivity contribution in [2.24, 2.45) is 0 Å². The average Bonchev–Trinajstić information content (AvgIpc) is 3.20. The van der Waals surface area contributed by atoms with Gasteiger partial charge < -0.3 is 5.32 Å². The summed E-state index contributed by atoms with van der Waals surface area (Å²) in [6.07, 6.45) is 5.24. The van der Waals surface area contributed by atoms with Gasteiger partial charge in [-0.1, -0.05) is 24.4 Å². The van der Waals surface area contributed by atoms with Gasteiger partial charge in [0.2, 0.25) is 0 Å². The lowest BCUT2D eigenvalue weighted by molar-refractivity contribution is 0.547. The summed E-state index contributed by atoms with van der Waals surface area (Å²) in [5.74, 6) is -2.62. The topological polar surface area (TPSA) is 55.1 Å². The quantitative estimate of drug-likeness (QED) is 0.704. The third kappa shape index (κ3) is 2.80. The van der Waals surface area contributed by atoms with E-state index in [1.807, 2.05) is 0 Å². The number of hydrogen-bond acceptors (Lipinski definition) is 4. The van der Waals surface area contributed by atoms with Gasteiger partial charge in [-0.2, -0.15) is 19.6 Å². The number of benzene rings is 1. The van der Waals surface area contributed by atoms with Gasteiger partial charge >= 0.3 is 0 Å². The summed E-state index contributed by atoms with van der Waals surface area (Å²) >= 11 is 6.21. The van der Waals surface area contributed by atoms with Gasteiger partial charge in [0.1, 0.15) is 34.7 Å². The number of rotatable bonds is 3. The second kappa shape index (κ2) is 6.18. The summed E-state index contributed by atoms with van der Waals surface area (Å²) in [5.41, 5.74) is -0.446. The molecule has 1 saturated carbocycles. The first-order chi connectivity index (χ1) is 12.0. The number of nitrogens with one attached hydrogen (secondary N) is 1. The van der Waals surface area contributed by atoms with Gasteiger partial charge in [0.15, 0.2) is 0 Å². The molecule has 0 bridgehead atoms. The first-order valence-corrected chi connectivity index (χ1v) is 8.23. The molecule has 0 unspecified atom stereocenters. The third-order valence-corrected chi connectivity index (χ3v) is 4.61. The van der Waals surface area contributed by atoms with Gasteiger partial charge in [0.05, 0.1) is 11.1 Å². The highest BCUT2D eigenvalue weighted by Gasteiger charge is 2.26. The fourth-order valence-corrected chi connectivity index (χ4v) is 3.48. The highest BCUT2D eigenvalue weighted by Crippen LogP contribution is 2.38. The Labute approximate surface area is 145 Å². The molecule has 2 aromatic heterocycles. The molecule has 3 aromatic rings. The Morgan fingerprint density at radius 2 is 1.76 bits per heavy atom. The van der Waals surface area contributed by atoms with Gasteiger partial charge in [-0.05, 0) is 12.8 Å². The van der Waals surface area contributed by atoms with Crippen molar-refractivity contribution in [3.05, 3.63) is 41.1 Å². The molecule has 1 aliphatic carbocycles. The van der Waals surface area contributed by atoms with Crippen LogP contribution in [0.25, 0.3) is 16.9 Å². The molecule has 9 heteroatoms. The molecule has 5 nitrogen and oxygen atoms in total. The maximum absolute atomic E-state index is 14.4. The number of halogens is 4. The van der Waals surface area contributed by atoms with E-state index in [2.05, 4.69) is 20.4 Å². The summed E-state index contributed by atoms with van der Waals surface area (Å²) < 4.78 is 43.3. The SMILES string of the molecule is Fc1cc(F)c(-c2c(Cl)nc3ncnn3c2NC2CCCC2)c(F)c1. The van der Waals surface area contributed by atoms with E-state index in [0.717, 1.165) is 25.7 Å². The molecule has 1 aliphatic rings. The van der Waals surface area contributed by atoms with Crippen LogP contribution in [0.15, 0.2) is 18.5 Å². The van der Waals surface area contributed by atoms with Crippen molar-refractivity contribution in [1.29, 1.82) is 0 Å². The van der Waals surface area contributed by atoms with Crippen molar-refractivity contribution < 1.29 is 13.2 Å². The maximum atomic E-state index is 14.4. The van der Waals surface area contributed by atoms with Crippen LogP contribution in [-0.4, -0.2) is 25.6 Å². The largest absolute Gasteiger partial charge is 0.367 e. The molecule has 4 rings (SSSR count). The Kier molecular flexibility index (Phi) is 3.99. The van der Waals surface area contributed by atoms with E-state index in [1.54, 1.807) is 0 Å². The monoisotopic (exact) mass is 367 g/mol. The molecule has 0 spiro atoms. The van der Waals surface area contributed by atoms with Crippen LogP contribution in [0.2, 0.25) is 5.15 Å². The van der Waals surface area contributed by atoms with E-state index in [-0.39, 0.29) is 22.5 Å². The summed E-state index contributed by atoms with van der Waals surface area (Å²) in [6, 6.07) is 1.34. The molecule has 25 heavy (non-hydrogen) atoms. The van der Waals surface area contributed by atoms with Gasteiger partial charge in [-0.25, -0.2) is 13.2 Å². The van der Waals surface area contributed by atoms with Crippen LogP contribution >= 0.6 is 11.6 Å². The Morgan fingerprint density at radius 3 is 2.44 bits per heavy atom. The molecule has 2 heterocycles. The van der Waals surface area contributed by atoms with Crippen LogP contribution in [0.4, 0.5) is 19.0 Å². The second-order valence-corrected chi connectivity index (χ2v) is 6.33. The fraction of sp³-hybridized carbons (Fsp3) is 0.312. The molecular formula is C16H13ClF3N5. The lowest BCUT2D eigenvalue weighted by atomic mass is 10.1. The molecule has 0 radical (unpaired) electrons. The zero-order chi connectivity index (χ0) is 17.6. The van der Waals surface area contributed by atoms with Crippen LogP contribution in [0.5, 0.6) is 0 Å². The molecule has 1 aromatic carbocycles. The van der Waals surface area contributed by atoms with Crippen LogP contribution in [0.1, 0.15) is 25.7 Å². The lowest BCUT2D eigenvalue weighted by Crippen LogP contribution is -2.19. The van der Waals surface area contributed by atoms with Crippen LogP contribution in [-0.2, 0) is 0 Å². The normalized spacial score (nSPS) is 15.2. The molecule has 0 aliphatic heterocycles. The van der Waals surface area contributed by atoms with Crippen molar-refractivity contribution in [3.63, 3.8) is 0 Å². The highest BCUT2D eigenvalue weighted by atomic mass is 35.5. The first kappa shape index (κ1) is 16.1. The summed E-state index contributed by atoms with van der Waals surface area (Å²) in [5, 5.41) is 7.19. The Bertz CT molecular complexity index is 929. The van der Waals surface area contributed by atoms with E-state index in [1.165, 1.54) is 10.8 Å². The smallest absolute Gasteiger partial charge is 0.255 e. The van der Waals surface area contributed by atoms with E-state index in [4.69, 9.17) is 11.6 Å². The van der Waals surface area contributed by atoms with Crippen molar-refractivity contribution in [1.82, 2.24) is 19.6 Å². The van der Waals surface area contributed by atoms with Gasteiger partial charge in [-0.15, -0.1) is 0 Å². The minimum absolute atomic E-state index is 0.00145. The predicted octanol–water partition coefficient (Wildman–Crippen LogP) is 4.22. The van der Waals surface area contributed by atoms with Gasteiger partial charge in [-0.3, -0.25) is 0 Å². The van der Waals surface area contributed by atoms with E-state index >= 15 is 0 Å². The van der Waals surface area contributed by atoms with Crippen molar-refractivity contribution in [2.75, 3.05) is 5.32 Å². The summed E-state index contributed by atoms with van der Waals surface area (Å²) in [6.45, 7) is 0. The Morgan fingerprint density at radius 1 is 1.08 bits per heavy atom.